The second kappa shape index (κ2) is 7.88. The Balaban J connectivity index is 1.90. The normalized spacial score (nSPS) is 15.3. The van der Waals surface area contributed by atoms with Crippen LogP contribution in [0.3, 0.4) is 0 Å². The van der Waals surface area contributed by atoms with Crippen molar-refractivity contribution in [3.8, 4) is 11.5 Å². The number of carbonyl (C=O) groups excluding carboxylic acids is 1. The second-order valence-corrected chi connectivity index (χ2v) is 6.74. The van der Waals surface area contributed by atoms with Crippen LogP contribution in [-0.4, -0.2) is 24.7 Å². The molecule has 1 amide bonds. The average molecular weight is 433 g/mol. The van der Waals surface area contributed by atoms with Gasteiger partial charge in [-0.2, -0.15) is 0 Å². The molecule has 1 N–H and O–H groups in total. The van der Waals surface area contributed by atoms with Crippen molar-refractivity contribution in [1.82, 2.24) is 5.32 Å². The molecule has 1 aliphatic heterocycles. The molecule has 0 aromatic heterocycles. The van der Waals surface area contributed by atoms with Gasteiger partial charge in [-0.3, -0.25) is 9.69 Å². The molecule has 134 valence electrons. The minimum atomic E-state index is -0.221. The molecular weight excluding hydrogens is 416 g/mol. The number of amides is 1. The summed E-state index contributed by atoms with van der Waals surface area (Å²) in [7, 11) is 1.59. The number of benzene rings is 2. The number of halogens is 1. The molecule has 0 aliphatic carbocycles. The maximum atomic E-state index is 12.8. The van der Waals surface area contributed by atoms with Crippen LogP contribution >= 0.6 is 28.1 Å². The lowest BCUT2D eigenvalue weighted by atomic mass is 10.1. The summed E-state index contributed by atoms with van der Waals surface area (Å²) in [5, 5.41) is 3.31. The first-order valence-corrected chi connectivity index (χ1v) is 9.17. The largest absolute Gasteiger partial charge is 0.496 e. The third-order valence-electron chi connectivity index (χ3n) is 3.78. The Labute approximate surface area is 165 Å². The Bertz CT molecular complexity index is 881. The van der Waals surface area contributed by atoms with Crippen molar-refractivity contribution in [2.75, 3.05) is 18.6 Å². The molecule has 2 aromatic carbocycles. The highest BCUT2D eigenvalue weighted by atomic mass is 79.9. The molecule has 26 heavy (non-hydrogen) atoms. The van der Waals surface area contributed by atoms with Crippen LogP contribution in [0.5, 0.6) is 11.5 Å². The van der Waals surface area contributed by atoms with Gasteiger partial charge in [-0.15, -0.1) is 0 Å². The monoisotopic (exact) mass is 432 g/mol. The third kappa shape index (κ3) is 3.73. The van der Waals surface area contributed by atoms with Crippen molar-refractivity contribution in [2.24, 2.45) is 0 Å². The Morgan fingerprint density at radius 2 is 1.96 bits per heavy atom. The van der Waals surface area contributed by atoms with E-state index in [2.05, 4.69) is 21.2 Å². The summed E-state index contributed by atoms with van der Waals surface area (Å²) in [6.45, 7) is 2.51. The van der Waals surface area contributed by atoms with Gasteiger partial charge in [0.1, 0.15) is 17.2 Å². The lowest BCUT2D eigenvalue weighted by Crippen LogP contribution is -2.30. The fraction of sp³-hybridized carbons (Fsp3) is 0.158. The van der Waals surface area contributed by atoms with E-state index in [1.54, 1.807) is 25.3 Å². The maximum absolute atomic E-state index is 12.8. The lowest BCUT2D eigenvalue weighted by molar-refractivity contribution is -0.113. The highest BCUT2D eigenvalue weighted by molar-refractivity contribution is 9.10. The molecule has 1 aliphatic rings. The van der Waals surface area contributed by atoms with Gasteiger partial charge in [-0.05, 0) is 67.7 Å². The van der Waals surface area contributed by atoms with Gasteiger partial charge in [0.05, 0.1) is 19.4 Å². The Morgan fingerprint density at radius 1 is 1.23 bits per heavy atom. The standard InChI is InChI=1S/C19H17BrN2O3S/c1-3-25-15-7-5-14(6-8-15)22-18(23)16(21-19(22)26)11-12-10-13(20)4-9-17(12)24-2/h4-11H,3H2,1-2H3,(H,21,26)/b16-11+. The van der Waals surface area contributed by atoms with E-state index in [0.29, 0.717) is 28.9 Å². The van der Waals surface area contributed by atoms with Gasteiger partial charge in [0.15, 0.2) is 5.11 Å². The summed E-state index contributed by atoms with van der Waals surface area (Å²) in [5.74, 6) is 1.19. The highest BCUT2D eigenvalue weighted by Crippen LogP contribution is 2.28. The maximum Gasteiger partial charge on any atom is 0.281 e. The molecule has 1 heterocycles. The Morgan fingerprint density at radius 3 is 2.62 bits per heavy atom. The Hall–Kier alpha value is -2.38. The number of anilines is 1. The highest BCUT2D eigenvalue weighted by Gasteiger charge is 2.32. The number of thiocarbonyl (C=S) groups is 1. The quantitative estimate of drug-likeness (QED) is 0.568. The summed E-state index contributed by atoms with van der Waals surface area (Å²) in [5.41, 5.74) is 1.84. The topological polar surface area (TPSA) is 50.8 Å². The van der Waals surface area contributed by atoms with Crippen molar-refractivity contribution in [3.05, 3.63) is 58.2 Å². The first kappa shape index (κ1) is 18.4. The van der Waals surface area contributed by atoms with E-state index in [0.717, 1.165) is 15.8 Å². The zero-order chi connectivity index (χ0) is 18.7. The van der Waals surface area contributed by atoms with Gasteiger partial charge in [0, 0.05) is 10.0 Å². The average Bonchev–Trinajstić information content (AvgIpc) is 2.90. The van der Waals surface area contributed by atoms with E-state index < -0.39 is 0 Å². The predicted octanol–water partition coefficient (Wildman–Crippen LogP) is 4.12. The van der Waals surface area contributed by atoms with E-state index in [9.17, 15) is 4.79 Å². The number of hydrogen-bond acceptors (Lipinski definition) is 4. The fourth-order valence-electron chi connectivity index (χ4n) is 2.60. The van der Waals surface area contributed by atoms with E-state index in [-0.39, 0.29) is 5.91 Å². The minimum Gasteiger partial charge on any atom is -0.496 e. The molecule has 3 rings (SSSR count). The minimum absolute atomic E-state index is 0.221. The third-order valence-corrected chi connectivity index (χ3v) is 4.55. The Kier molecular flexibility index (Phi) is 5.58. The van der Waals surface area contributed by atoms with Crippen molar-refractivity contribution in [3.63, 3.8) is 0 Å². The molecule has 1 fully saturated rings. The first-order chi connectivity index (χ1) is 12.5. The van der Waals surface area contributed by atoms with Gasteiger partial charge in [0.2, 0.25) is 0 Å². The number of ether oxygens (including phenoxy) is 2. The van der Waals surface area contributed by atoms with Crippen LogP contribution in [0.15, 0.2) is 52.6 Å². The van der Waals surface area contributed by atoms with Crippen LogP contribution < -0.4 is 19.7 Å². The van der Waals surface area contributed by atoms with E-state index in [1.165, 1.54) is 4.90 Å². The van der Waals surface area contributed by atoms with Crippen LogP contribution in [0.1, 0.15) is 12.5 Å². The van der Waals surface area contributed by atoms with Gasteiger partial charge >= 0.3 is 0 Å². The molecule has 0 radical (unpaired) electrons. The number of methoxy groups -OCH3 is 1. The van der Waals surface area contributed by atoms with Gasteiger partial charge in [-0.25, -0.2) is 0 Å². The van der Waals surface area contributed by atoms with Crippen molar-refractivity contribution in [1.29, 1.82) is 0 Å². The lowest BCUT2D eigenvalue weighted by Gasteiger charge is -2.14. The molecule has 0 spiro atoms. The van der Waals surface area contributed by atoms with Crippen molar-refractivity contribution < 1.29 is 14.3 Å². The smallest absolute Gasteiger partial charge is 0.281 e. The first-order valence-electron chi connectivity index (χ1n) is 7.97. The molecule has 0 saturated carbocycles. The fourth-order valence-corrected chi connectivity index (χ4v) is 3.28. The number of rotatable bonds is 5. The van der Waals surface area contributed by atoms with Gasteiger partial charge < -0.3 is 14.8 Å². The zero-order valence-corrected chi connectivity index (χ0v) is 16.7. The summed E-state index contributed by atoms with van der Waals surface area (Å²) in [4.78, 5) is 14.3. The summed E-state index contributed by atoms with van der Waals surface area (Å²) >= 11 is 8.78. The summed E-state index contributed by atoms with van der Waals surface area (Å²) in [6.07, 6.45) is 1.73. The molecule has 1 saturated heterocycles. The van der Waals surface area contributed by atoms with Crippen LogP contribution in [0.2, 0.25) is 0 Å². The van der Waals surface area contributed by atoms with E-state index in [1.807, 2.05) is 37.3 Å². The summed E-state index contributed by atoms with van der Waals surface area (Å²) in [6, 6.07) is 12.8. The number of hydrogen-bond donors (Lipinski definition) is 1. The predicted molar refractivity (Wildman–Crippen MR) is 110 cm³/mol. The molecule has 2 aromatic rings. The van der Waals surface area contributed by atoms with Crippen LogP contribution in [0, 0.1) is 0 Å². The SMILES string of the molecule is CCOc1ccc(N2C(=O)/C(=C\c3cc(Br)ccc3OC)NC2=S)cc1. The van der Waals surface area contributed by atoms with Crippen LogP contribution in [-0.2, 0) is 4.79 Å². The van der Waals surface area contributed by atoms with E-state index >= 15 is 0 Å². The second-order valence-electron chi connectivity index (χ2n) is 5.44. The molecule has 5 nitrogen and oxygen atoms in total. The molecule has 7 heteroatoms. The molecular formula is C19H17BrN2O3S. The van der Waals surface area contributed by atoms with Crippen LogP contribution in [0.4, 0.5) is 5.69 Å². The zero-order valence-electron chi connectivity index (χ0n) is 14.3. The molecule has 0 bridgehead atoms. The molecule has 0 unspecified atom stereocenters. The van der Waals surface area contributed by atoms with Gasteiger partial charge in [0.25, 0.3) is 5.91 Å². The van der Waals surface area contributed by atoms with Crippen LogP contribution in [0.25, 0.3) is 6.08 Å². The van der Waals surface area contributed by atoms with E-state index in [4.69, 9.17) is 21.7 Å². The van der Waals surface area contributed by atoms with Crippen molar-refractivity contribution >= 4 is 50.9 Å². The van der Waals surface area contributed by atoms with Crippen molar-refractivity contribution in [2.45, 2.75) is 6.92 Å². The number of nitrogens with zero attached hydrogens (tertiary/aromatic N) is 1. The van der Waals surface area contributed by atoms with Gasteiger partial charge in [-0.1, -0.05) is 15.9 Å². The molecule has 0 atom stereocenters. The summed E-state index contributed by atoms with van der Waals surface area (Å²) < 4.78 is 11.7. The number of nitrogens with one attached hydrogen (secondary N) is 1. The number of carbonyl (C=O) groups is 1.